The molecular weight excluding hydrogens is 300 g/mol. The molecule has 1 amide bonds. The highest BCUT2D eigenvalue weighted by molar-refractivity contribution is 6.32. The van der Waals surface area contributed by atoms with Crippen LogP contribution in [0.1, 0.15) is 11.1 Å². The Labute approximate surface area is 130 Å². The lowest BCUT2D eigenvalue weighted by Gasteiger charge is -2.03. The van der Waals surface area contributed by atoms with Gasteiger partial charge in [-0.1, -0.05) is 12.1 Å². The molecular formula is C18H11F2NO2. The van der Waals surface area contributed by atoms with Crippen molar-refractivity contribution in [3.8, 4) is 0 Å². The van der Waals surface area contributed by atoms with Crippen molar-refractivity contribution in [2.24, 2.45) is 0 Å². The zero-order valence-electron chi connectivity index (χ0n) is 11.9. The van der Waals surface area contributed by atoms with Crippen molar-refractivity contribution in [2.45, 2.75) is 0 Å². The van der Waals surface area contributed by atoms with E-state index in [1.165, 1.54) is 24.3 Å². The van der Waals surface area contributed by atoms with Gasteiger partial charge in [-0.05, 0) is 42.0 Å². The molecule has 114 valence electrons. The highest BCUT2D eigenvalue weighted by Crippen LogP contribution is 2.38. The summed E-state index contributed by atoms with van der Waals surface area (Å²) in [6.45, 7) is 0.300. The van der Waals surface area contributed by atoms with Crippen LogP contribution in [0, 0.1) is 11.6 Å². The van der Waals surface area contributed by atoms with Crippen LogP contribution >= 0.6 is 0 Å². The summed E-state index contributed by atoms with van der Waals surface area (Å²) in [6.07, 6.45) is 1.76. The maximum Gasteiger partial charge on any atom is 0.260 e. The van der Waals surface area contributed by atoms with Crippen LogP contribution < -0.4 is 5.32 Å². The van der Waals surface area contributed by atoms with Gasteiger partial charge >= 0.3 is 0 Å². The van der Waals surface area contributed by atoms with E-state index in [9.17, 15) is 13.6 Å². The Morgan fingerprint density at radius 2 is 1.74 bits per heavy atom. The molecule has 0 aromatic heterocycles. The molecule has 0 bridgehead atoms. The smallest absolute Gasteiger partial charge is 0.260 e. The minimum atomic E-state index is -0.412. The van der Waals surface area contributed by atoms with Crippen molar-refractivity contribution in [3.63, 3.8) is 0 Å². The lowest BCUT2D eigenvalue weighted by molar-refractivity contribution is -0.110. The Kier molecular flexibility index (Phi) is 3.01. The number of ether oxygens (including phenoxy) is 1. The van der Waals surface area contributed by atoms with Crippen LogP contribution in [-0.2, 0) is 9.53 Å². The number of allylic oxidation sites excluding steroid dienone is 1. The summed E-state index contributed by atoms with van der Waals surface area (Å²) in [4.78, 5) is 12.2. The molecule has 0 saturated heterocycles. The van der Waals surface area contributed by atoms with Crippen LogP contribution in [0.2, 0.25) is 0 Å². The molecule has 4 rings (SSSR count). The van der Waals surface area contributed by atoms with Gasteiger partial charge in [0.1, 0.15) is 24.0 Å². The Morgan fingerprint density at radius 1 is 1.00 bits per heavy atom. The minimum absolute atomic E-state index is 0.300. The second-order valence-corrected chi connectivity index (χ2v) is 5.35. The molecule has 2 aromatic carbocycles. The molecule has 0 radical (unpaired) electrons. The van der Waals surface area contributed by atoms with E-state index in [-0.39, 0.29) is 11.7 Å². The fourth-order valence-electron chi connectivity index (χ4n) is 2.76. The van der Waals surface area contributed by atoms with Gasteiger partial charge in [-0.2, -0.15) is 0 Å². The van der Waals surface area contributed by atoms with Gasteiger partial charge in [0.05, 0.1) is 11.3 Å². The van der Waals surface area contributed by atoms with Crippen molar-refractivity contribution >= 4 is 22.7 Å². The standard InChI is InChI=1S/C18H11F2NO2/c19-12-3-1-10(2-4-12)11-7-16(23-9-11)17-14-6-5-13(20)8-15(14)21-18(17)22/h1-8H,9H2,(H,21,22)/b17-16+. The number of halogens is 2. The van der Waals surface area contributed by atoms with E-state index in [0.717, 1.165) is 11.1 Å². The summed E-state index contributed by atoms with van der Waals surface area (Å²) >= 11 is 0. The molecule has 0 fully saturated rings. The van der Waals surface area contributed by atoms with E-state index in [2.05, 4.69) is 5.32 Å². The van der Waals surface area contributed by atoms with E-state index in [4.69, 9.17) is 4.74 Å². The molecule has 0 atom stereocenters. The monoisotopic (exact) mass is 311 g/mol. The number of carbonyl (C=O) groups is 1. The number of rotatable bonds is 1. The molecule has 5 heteroatoms. The predicted octanol–water partition coefficient (Wildman–Crippen LogP) is 3.74. The summed E-state index contributed by atoms with van der Waals surface area (Å²) in [6, 6.07) is 10.2. The molecule has 0 saturated carbocycles. The second-order valence-electron chi connectivity index (χ2n) is 5.35. The number of hydrogen-bond acceptors (Lipinski definition) is 2. The number of benzene rings is 2. The molecule has 0 spiro atoms. The number of fused-ring (bicyclic) bond motifs is 1. The maximum absolute atomic E-state index is 13.3. The minimum Gasteiger partial charge on any atom is -0.488 e. The Hall–Kier alpha value is -2.95. The van der Waals surface area contributed by atoms with Crippen LogP contribution in [0.15, 0.2) is 54.3 Å². The number of carbonyl (C=O) groups excluding carboxylic acids is 1. The van der Waals surface area contributed by atoms with Crippen molar-refractivity contribution < 1.29 is 18.3 Å². The quantitative estimate of drug-likeness (QED) is 0.815. The zero-order chi connectivity index (χ0) is 16.0. The summed E-state index contributed by atoms with van der Waals surface area (Å²) in [7, 11) is 0. The molecule has 3 nitrogen and oxygen atoms in total. The van der Waals surface area contributed by atoms with E-state index in [0.29, 0.717) is 29.2 Å². The Balaban J connectivity index is 1.78. The second kappa shape index (κ2) is 5.05. The average Bonchev–Trinajstić information content (AvgIpc) is 3.11. The molecule has 0 aliphatic carbocycles. The van der Waals surface area contributed by atoms with E-state index in [1.807, 2.05) is 0 Å². The molecule has 2 aromatic rings. The lowest BCUT2D eigenvalue weighted by atomic mass is 10.0. The molecule has 0 unspecified atom stereocenters. The number of amides is 1. The number of hydrogen-bond donors (Lipinski definition) is 1. The SMILES string of the molecule is O=C1Nc2cc(F)ccc2/C1=C1/C=C(c2ccc(F)cc2)CO1. The molecule has 2 aliphatic rings. The van der Waals surface area contributed by atoms with Crippen LogP contribution in [-0.4, -0.2) is 12.5 Å². The van der Waals surface area contributed by atoms with E-state index < -0.39 is 5.82 Å². The molecule has 1 N–H and O–H groups in total. The van der Waals surface area contributed by atoms with Gasteiger partial charge in [0.15, 0.2) is 0 Å². The summed E-state index contributed by atoms with van der Waals surface area (Å²) in [5.41, 5.74) is 3.13. The van der Waals surface area contributed by atoms with Crippen molar-refractivity contribution in [1.29, 1.82) is 0 Å². The van der Waals surface area contributed by atoms with Crippen molar-refractivity contribution in [2.75, 3.05) is 11.9 Å². The van der Waals surface area contributed by atoms with Crippen LogP contribution in [0.25, 0.3) is 11.1 Å². The van der Waals surface area contributed by atoms with Crippen molar-refractivity contribution in [3.05, 3.63) is 77.1 Å². The topological polar surface area (TPSA) is 38.3 Å². The van der Waals surface area contributed by atoms with Crippen LogP contribution in [0.3, 0.4) is 0 Å². The third kappa shape index (κ3) is 2.30. The lowest BCUT2D eigenvalue weighted by Crippen LogP contribution is -2.05. The molecule has 23 heavy (non-hydrogen) atoms. The fourth-order valence-corrected chi connectivity index (χ4v) is 2.76. The zero-order valence-corrected chi connectivity index (χ0v) is 11.9. The Morgan fingerprint density at radius 3 is 2.52 bits per heavy atom. The van der Waals surface area contributed by atoms with Gasteiger partial charge < -0.3 is 10.1 Å². The highest BCUT2D eigenvalue weighted by Gasteiger charge is 2.30. The molecule has 2 heterocycles. The van der Waals surface area contributed by atoms with Crippen LogP contribution in [0.5, 0.6) is 0 Å². The first-order valence-corrected chi connectivity index (χ1v) is 7.07. The van der Waals surface area contributed by atoms with Crippen LogP contribution in [0.4, 0.5) is 14.5 Å². The maximum atomic E-state index is 13.3. The van der Waals surface area contributed by atoms with Gasteiger partial charge in [-0.15, -0.1) is 0 Å². The Bertz CT molecular complexity index is 882. The largest absolute Gasteiger partial charge is 0.488 e. The van der Waals surface area contributed by atoms with Gasteiger partial charge in [0, 0.05) is 11.1 Å². The first-order chi connectivity index (χ1) is 11.1. The van der Waals surface area contributed by atoms with Gasteiger partial charge in [-0.25, -0.2) is 8.78 Å². The number of anilines is 1. The normalized spacial score (nSPS) is 19.2. The fraction of sp³-hybridized carbons (Fsp3) is 0.0556. The van der Waals surface area contributed by atoms with Gasteiger partial charge in [0.2, 0.25) is 0 Å². The third-order valence-electron chi connectivity index (χ3n) is 3.88. The summed E-state index contributed by atoms with van der Waals surface area (Å²) in [5, 5.41) is 2.63. The third-order valence-corrected chi connectivity index (χ3v) is 3.88. The predicted molar refractivity (Wildman–Crippen MR) is 82.3 cm³/mol. The first kappa shape index (κ1) is 13.7. The van der Waals surface area contributed by atoms with E-state index >= 15 is 0 Å². The average molecular weight is 311 g/mol. The summed E-state index contributed by atoms with van der Waals surface area (Å²) < 4.78 is 31.9. The highest BCUT2D eigenvalue weighted by atomic mass is 19.1. The first-order valence-electron chi connectivity index (χ1n) is 7.07. The van der Waals surface area contributed by atoms with Gasteiger partial charge in [0.25, 0.3) is 5.91 Å². The molecule has 2 aliphatic heterocycles. The number of nitrogens with one attached hydrogen (secondary N) is 1. The van der Waals surface area contributed by atoms with Gasteiger partial charge in [-0.3, -0.25) is 4.79 Å². The summed E-state index contributed by atoms with van der Waals surface area (Å²) in [5.74, 6) is -0.604. The van der Waals surface area contributed by atoms with E-state index in [1.54, 1.807) is 24.3 Å². The van der Waals surface area contributed by atoms with Crippen molar-refractivity contribution in [1.82, 2.24) is 0 Å².